The van der Waals surface area contributed by atoms with Crippen molar-refractivity contribution in [2.24, 2.45) is 38.9 Å². The van der Waals surface area contributed by atoms with E-state index in [4.69, 9.17) is 4.52 Å². The third-order valence-electron chi connectivity index (χ3n) is 13.3. The maximum Gasteiger partial charge on any atom is 0.309 e. The Morgan fingerprint density at radius 1 is 1.00 bits per heavy atom. The van der Waals surface area contributed by atoms with E-state index in [-0.39, 0.29) is 33.9 Å². The van der Waals surface area contributed by atoms with Crippen molar-refractivity contribution in [3.05, 3.63) is 29.2 Å². The number of fused-ring (bicyclic) bond motifs is 8. The average Bonchev–Trinajstić information content (AvgIpc) is 3.29. The summed E-state index contributed by atoms with van der Waals surface area (Å²) in [5, 5.41) is 25.6. The highest BCUT2D eigenvalue weighted by Crippen LogP contribution is 2.75. The molecule has 0 spiro atoms. The highest BCUT2D eigenvalue weighted by atomic mass is 16.5. The van der Waals surface area contributed by atoms with Crippen molar-refractivity contribution in [1.29, 1.82) is 0 Å². The number of carboxylic acids is 1. The van der Waals surface area contributed by atoms with Crippen LogP contribution in [0.5, 0.6) is 0 Å². The topological polar surface area (TPSA) is 113 Å². The van der Waals surface area contributed by atoms with E-state index in [1.54, 1.807) is 6.20 Å². The van der Waals surface area contributed by atoms with Crippen LogP contribution in [0.4, 0.5) is 0 Å². The van der Waals surface area contributed by atoms with Crippen molar-refractivity contribution in [1.82, 2.24) is 10.6 Å². The first-order valence-corrected chi connectivity index (χ1v) is 14.4. The number of rotatable bonds is 2. The molecule has 5 aliphatic rings. The molecule has 3 N–H and O–H groups in total. The fourth-order valence-electron chi connectivity index (χ4n) is 10.8. The molecular formula is C31H44N2O5. The zero-order chi connectivity index (χ0) is 27.7. The number of carbonyl (C=O) groups is 2. The van der Waals surface area contributed by atoms with Gasteiger partial charge in [-0.05, 0) is 79.6 Å². The maximum absolute atomic E-state index is 14.4. The molecule has 3 saturated carbocycles. The van der Waals surface area contributed by atoms with Crippen molar-refractivity contribution in [2.45, 2.75) is 111 Å². The van der Waals surface area contributed by atoms with Gasteiger partial charge in [-0.1, -0.05) is 59.2 Å². The summed E-state index contributed by atoms with van der Waals surface area (Å²) in [7, 11) is 0. The highest BCUT2D eigenvalue weighted by Gasteiger charge is 2.74. The monoisotopic (exact) mass is 524 g/mol. The number of carboxylic acid groups (broad SMARTS) is 1. The molecule has 0 aliphatic heterocycles. The van der Waals surface area contributed by atoms with E-state index in [9.17, 15) is 19.9 Å². The largest absolute Gasteiger partial charge is 0.481 e. The minimum atomic E-state index is -0.823. The van der Waals surface area contributed by atoms with Crippen LogP contribution >= 0.6 is 0 Å². The van der Waals surface area contributed by atoms with Crippen LogP contribution in [0.1, 0.15) is 105 Å². The van der Waals surface area contributed by atoms with Gasteiger partial charge in [-0.3, -0.25) is 9.59 Å². The third kappa shape index (κ3) is 2.71. The molecule has 0 amide bonds. The molecule has 1 aromatic rings. The molecule has 7 nitrogen and oxygen atoms in total. The molecule has 5 aliphatic carbocycles. The van der Waals surface area contributed by atoms with Crippen molar-refractivity contribution < 1.29 is 24.4 Å². The number of hydrogen-bond donors (Lipinski definition) is 3. The first-order valence-electron chi connectivity index (χ1n) is 14.4. The third-order valence-corrected chi connectivity index (χ3v) is 13.3. The summed E-state index contributed by atoms with van der Waals surface area (Å²) >= 11 is 0. The number of ketones is 1. The predicted molar refractivity (Wildman–Crippen MR) is 141 cm³/mol. The molecule has 3 fully saturated rings. The Bertz CT molecular complexity index is 1260. The van der Waals surface area contributed by atoms with Crippen LogP contribution in [0.15, 0.2) is 22.4 Å². The summed E-state index contributed by atoms with van der Waals surface area (Å²) in [6.45, 7) is 15.4. The van der Waals surface area contributed by atoms with Crippen LogP contribution in [0, 0.1) is 38.9 Å². The number of hydrogen-bond acceptors (Lipinski definition) is 6. The quantitative estimate of drug-likeness (QED) is 0.416. The van der Waals surface area contributed by atoms with E-state index < -0.39 is 27.8 Å². The molecule has 0 aromatic carbocycles. The highest BCUT2D eigenvalue weighted by molar-refractivity contribution is 5.96. The fraction of sp³-hybridized carbons (Fsp3) is 0.774. The second kappa shape index (κ2) is 7.39. The van der Waals surface area contributed by atoms with Crippen LogP contribution in [-0.2, 0) is 21.4 Å². The molecule has 0 radical (unpaired) electrons. The van der Waals surface area contributed by atoms with Crippen LogP contribution in [0.2, 0.25) is 0 Å². The van der Waals surface area contributed by atoms with Gasteiger partial charge in [0, 0.05) is 22.3 Å². The minimum absolute atomic E-state index is 0.0135. The molecule has 1 aromatic heterocycles. The van der Waals surface area contributed by atoms with E-state index in [0.717, 1.165) is 42.6 Å². The summed E-state index contributed by atoms with van der Waals surface area (Å²) in [6, 6.07) is 0. The van der Waals surface area contributed by atoms with Crippen LogP contribution in [0.25, 0.3) is 0 Å². The number of nitrogens with zero attached hydrogens (tertiary/aromatic N) is 1. The van der Waals surface area contributed by atoms with E-state index >= 15 is 0 Å². The number of allylic oxidation sites excluding steroid dienone is 1. The predicted octanol–water partition coefficient (Wildman–Crippen LogP) is 5.86. The summed E-state index contributed by atoms with van der Waals surface area (Å²) in [5.41, 5.74) is 1.55. The summed E-state index contributed by atoms with van der Waals surface area (Å²) < 4.78 is 5.75. The SMILES string of the molecule is CC1(C)CC[C@]2(C(=O)O)CC[C@]3(C)[C@H](C(=O)C=C4[C@@]3(C)CC[C@@]3(NO)C(C)(C)c5oncc5C[C@]43C)[C@@H]2C1. The summed E-state index contributed by atoms with van der Waals surface area (Å²) in [4.78, 5) is 27.3. The first-order chi connectivity index (χ1) is 17.6. The number of hydroxylamine groups is 1. The van der Waals surface area contributed by atoms with E-state index in [0.29, 0.717) is 25.7 Å². The molecule has 208 valence electrons. The van der Waals surface area contributed by atoms with Crippen molar-refractivity contribution in [3.63, 3.8) is 0 Å². The zero-order valence-corrected chi connectivity index (χ0v) is 24.0. The van der Waals surface area contributed by atoms with E-state index in [2.05, 4.69) is 59.1 Å². The Balaban J connectivity index is 1.55. The number of nitrogens with one attached hydrogen (secondary N) is 1. The molecule has 1 heterocycles. The fourth-order valence-corrected chi connectivity index (χ4v) is 10.8. The van der Waals surface area contributed by atoms with Gasteiger partial charge in [-0.2, -0.15) is 5.48 Å². The standard InChI is InChI=1S/C31H44N2O5/c1-25(2)8-11-30(24(35)36)12-9-28(6)22(19(30)16-25)20(34)14-21-27(28,5)10-13-31(33-37)26(3,4)23-18(17-32-38-23)15-29(21,31)7/h14,17,19,22,33,37H,8-13,15-16H2,1-7H3,(H,35,36)/t19-,22-,27+,28+,29+,30-,31+/m0/s1. The van der Waals surface area contributed by atoms with Gasteiger partial charge in [-0.25, -0.2) is 0 Å². The van der Waals surface area contributed by atoms with Gasteiger partial charge in [0.15, 0.2) is 5.78 Å². The Hall–Kier alpha value is -1.99. The van der Waals surface area contributed by atoms with Crippen LogP contribution in [-0.4, -0.2) is 32.8 Å². The van der Waals surface area contributed by atoms with Crippen molar-refractivity contribution >= 4 is 11.8 Å². The van der Waals surface area contributed by atoms with Gasteiger partial charge in [0.2, 0.25) is 0 Å². The van der Waals surface area contributed by atoms with E-state index in [1.165, 1.54) is 0 Å². The molecule has 7 heteroatoms. The first kappa shape index (κ1) is 26.2. The van der Waals surface area contributed by atoms with Crippen LogP contribution in [0.3, 0.4) is 0 Å². The van der Waals surface area contributed by atoms with Crippen molar-refractivity contribution in [2.75, 3.05) is 0 Å². The van der Waals surface area contributed by atoms with Crippen LogP contribution < -0.4 is 5.48 Å². The smallest absolute Gasteiger partial charge is 0.309 e. The van der Waals surface area contributed by atoms with Gasteiger partial charge in [0.05, 0.1) is 17.2 Å². The van der Waals surface area contributed by atoms with Gasteiger partial charge in [0.1, 0.15) is 5.76 Å². The van der Waals surface area contributed by atoms with Gasteiger partial charge in [-0.15, -0.1) is 0 Å². The number of carbonyl (C=O) groups excluding carboxylic acids is 1. The molecule has 6 rings (SSSR count). The molecule has 0 bridgehead atoms. The lowest BCUT2D eigenvalue weighted by Gasteiger charge is -2.71. The molecule has 0 saturated heterocycles. The molecule has 7 atom stereocenters. The van der Waals surface area contributed by atoms with Gasteiger partial charge < -0.3 is 14.8 Å². The lowest BCUT2D eigenvalue weighted by Crippen LogP contribution is -2.75. The summed E-state index contributed by atoms with van der Waals surface area (Å²) in [6.07, 6.45) is 9.43. The molecule has 38 heavy (non-hydrogen) atoms. The Morgan fingerprint density at radius 3 is 2.34 bits per heavy atom. The minimum Gasteiger partial charge on any atom is -0.481 e. The normalized spacial score (nSPS) is 46.5. The number of aromatic nitrogens is 1. The second-order valence-electron chi connectivity index (χ2n) is 15.5. The average molecular weight is 525 g/mol. The zero-order valence-electron chi connectivity index (χ0n) is 24.0. The molecule has 0 unspecified atom stereocenters. The Labute approximate surface area is 225 Å². The van der Waals surface area contributed by atoms with Gasteiger partial charge in [0.25, 0.3) is 0 Å². The lowest BCUT2D eigenvalue weighted by atomic mass is 9.32. The maximum atomic E-state index is 14.4. The Morgan fingerprint density at radius 2 is 1.68 bits per heavy atom. The Kier molecular flexibility index (Phi) is 5.11. The van der Waals surface area contributed by atoms with Crippen molar-refractivity contribution in [3.8, 4) is 0 Å². The lowest BCUT2D eigenvalue weighted by molar-refractivity contribution is -0.194. The number of aliphatic carboxylic acids is 1. The second-order valence-corrected chi connectivity index (χ2v) is 15.5. The van der Waals surface area contributed by atoms with Gasteiger partial charge >= 0.3 is 5.97 Å². The summed E-state index contributed by atoms with van der Waals surface area (Å²) in [5.74, 6) is -0.341. The van der Waals surface area contributed by atoms with E-state index in [1.807, 2.05) is 6.08 Å². The molecular weight excluding hydrogens is 480 g/mol.